The van der Waals surface area contributed by atoms with Crippen molar-refractivity contribution in [3.63, 3.8) is 0 Å². The van der Waals surface area contributed by atoms with Gasteiger partial charge in [0.1, 0.15) is 11.5 Å². The van der Waals surface area contributed by atoms with E-state index in [1.54, 1.807) is 24.3 Å². The number of carbonyl (C=O) groups is 2. The van der Waals surface area contributed by atoms with Crippen LogP contribution in [0, 0.1) is 0 Å². The van der Waals surface area contributed by atoms with Crippen LogP contribution in [-0.2, 0) is 9.59 Å². The molecule has 4 nitrogen and oxygen atoms in total. The van der Waals surface area contributed by atoms with E-state index in [0.29, 0.717) is 11.5 Å². The van der Waals surface area contributed by atoms with Crippen molar-refractivity contribution in [2.24, 2.45) is 0 Å². The van der Waals surface area contributed by atoms with E-state index in [-0.39, 0.29) is 11.9 Å². The van der Waals surface area contributed by atoms with Gasteiger partial charge in [0, 0.05) is 13.8 Å². The predicted octanol–water partition coefficient (Wildman–Crippen LogP) is 5.88. The quantitative estimate of drug-likeness (QED) is 0.296. The summed E-state index contributed by atoms with van der Waals surface area (Å²) in [6.45, 7) is 2.77. The molecule has 0 aliphatic carbocycles. The third kappa shape index (κ3) is 6.60. The van der Waals surface area contributed by atoms with Gasteiger partial charge in [-0.3, -0.25) is 9.59 Å². The number of hydrogen-bond acceptors (Lipinski definition) is 4. The van der Waals surface area contributed by atoms with Gasteiger partial charge in [0.05, 0.1) is 0 Å². The number of carbonyl (C=O) groups excluding carboxylic acids is 2. The van der Waals surface area contributed by atoms with Gasteiger partial charge in [-0.05, 0) is 46.5 Å². The Hall–Kier alpha value is -3.92. The van der Waals surface area contributed by atoms with Gasteiger partial charge in [0.2, 0.25) is 0 Å². The molecule has 0 bridgehead atoms. The van der Waals surface area contributed by atoms with Crippen molar-refractivity contribution in [2.45, 2.75) is 13.8 Å². The normalized spacial score (nSPS) is 11.0. The molecule has 0 radical (unpaired) electrons. The number of ether oxygens (including phenoxy) is 2. The molecule has 0 atom stereocenters. The van der Waals surface area contributed by atoms with Crippen LogP contribution in [0.25, 0.3) is 24.3 Å². The average Bonchev–Trinajstić information content (AvgIpc) is 2.73. The Morgan fingerprint density at radius 1 is 0.500 bits per heavy atom. The van der Waals surface area contributed by atoms with Crippen LogP contribution in [0.1, 0.15) is 36.1 Å². The SMILES string of the molecule is CC(=O)Oc1ccc(C=Cc2ccc(C=Cc3ccc(OC(C)=O)cc3)cc2)cc1. The van der Waals surface area contributed by atoms with Gasteiger partial charge in [0.15, 0.2) is 0 Å². The van der Waals surface area contributed by atoms with Gasteiger partial charge in [-0.25, -0.2) is 0 Å². The van der Waals surface area contributed by atoms with Crippen molar-refractivity contribution < 1.29 is 19.1 Å². The summed E-state index contributed by atoms with van der Waals surface area (Å²) < 4.78 is 10.1. The average molecular weight is 398 g/mol. The fourth-order valence-electron chi connectivity index (χ4n) is 2.73. The molecule has 0 aliphatic rings. The minimum absolute atomic E-state index is 0.327. The summed E-state index contributed by atoms with van der Waals surface area (Å²) in [4.78, 5) is 21.9. The van der Waals surface area contributed by atoms with E-state index in [1.807, 2.05) is 72.8 Å². The van der Waals surface area contributed by atoms with Gasteiger partial charge < -0.3 is 9.47 Å². The maximum absolute atomic E-state index is 11.0. The fourth-order valence-corrected chi connectivity index (χ4v) is 2.73. The minimum Gasteiger partial charge on any atom is -0.427 e. The first-order chi connectivity index (χ1) is 14.5. The van der Waals surface area contributed by atoms with E-state index < -0.39 is 0 Å². The van der Waals surface area contributed by atoms with Crippen LogP contribution in [0.15, 0.2) is 72.8 Å². The van der Waals surface area contributed by atoms with E-state index in [2.05, 4.69) is 0 Å². The van der Waals surface area contributed by atoms with Crippen LogP contribution < -0.4 is 9.47 Å². The molecule has 0 saturated carbocycles. The van der Waals surface area contributed by atoms with Crippen molar-refractivity contribution in [2.75, 3.05) is 0 Å². The molecule has 4 heteroatoms. The highest BCUT2D eigenvalue weighted by molar-refractivity contribution is 5.74. The first kappa shape index (κ1) is 20.8. The van der Waals surface area contributed by atoms with Gasteiger partial charge in [-0.1, -0.05) is 72.8 Å². The summed E-state index contributed by atoms with van der Waals surface area (Å²) >= 11 is 0. The Balaban J connectivity index is 1.59. The molecule has 0 saturated heterocycles. The van der Waals surface area contributed by atoms with Crippen LogP contribution in [-0.4, -0.2) is 11.9 Å². The molecule has 3 aromatic rings. The van der Waals surface area contributed by atoms with E-state index in [1.165, 1.54) is 13.8 Å². The Morgan fingerprint density at radius 3 is 0.967 bits per heavy atom. The second-order valence-electron chi connectivity index (χ2n) is 6.66. The molecule has 3 rings (SSSR count). The van der Waals surface area contributed by atoms with Crippen molar-refractivity contribution in [3.8, 4) is 11.5 Å². The van der Waals surface area contributed by atoms with Crippen LogP contribution in [0.5, 0.6) is 11.5 Å². The van der Waals surface area contributed by atoms with Crippen molar-refractivity contribution in [1.29, 1.82) is 0 Å². The van der Waals surface area contributed by atoms with Crippen LogP contribution in [0.2, 0.25) is 0 Å². The third-order valence-corrected chi connectivity index (χ3v) is 4.16. The highest BCUT2D eigenvalue weighted by Crippen LogP contribution is 2.17. The number of esters is 2. The fraction of sp³-hybridized carbons (Fsp3) is 0.0769. The Morgan fingerprint density at radius 2 is 0.733 bits per heavy atom. The molecular formula is C26H22O4. The molecule has 0 aliphatic heterocycles. The zero-order valence-corrected chi connectivity index (χ0v) is 16.9. The molecule has 0 amide bonds. The van der Waals surface area contributed by atoms with E-state index in [4.69, 9.17) is 9.47 Å². The maximum atomic E-state index is 11.0. The van der Waals surface area contributed by atoms with Crippen molar-refractivity contribution >= 4 is 36.2 Å². The summed E-state index contributed by atoms with van der Waals surface area (Å²) in [6.07, 6.45) is 8.07. The Bertz CT molecular complexity index is 969. The Labute approximate surface area is 176 Å². The highest BCUT2D eigenvalue weighted by atomic mass is 16.5. The zero-order chi connectivity index (χ0) is 21.3. The zero-order valence-electron chi connectivity index (χ0n) is 16.9. The van der Waals surface area contributed by atoms with Crippen molar-refractivity contribution in [3.05, 3.63) is 95.1 Å². The minimum atomic E-state index is -0.327. The first-order valence-corrected chi connectivity index (χ1v) is 9.51. The maximum Gasteiger partial charge on any atom is 0.308 e. The largest absolute Gasteiger partial charge is 0.427 e. The summed E-state index contributed by atoms with van der Waals surface area (Å²) in [5, 5.41) is 0. The molecule has 0 spiro atoms. The molecule has 0 N–H and O–H groups in total. The topological polar surface area (TPSA) is 52.6 Å². The van der Waals surface area contributed by atoms with Gasteiger partial charge in [-0.2, -0.15) is 0 Å². The summed E-state index contributed by atoms with van der Waals surface area (Å²) in [5.41, 5.74) is 4.21. The van der Waals surface area contributed by atoms with E-state index >= 15 is 0 Å². The molecule has 150 valence electrons. The van der Waals surface area contributed by atoms with E-state index in [0.717, 1.165) is 22.3 Å². The lowest BCUT2D eigenvalue weighted by Gasteiger charge is -2.01. The van der Waals surface area contributed by atoms with Gasteiger partial charge >= 0.3 is 11.9 Å². The van der Waals surface area contributed by atoms with Crippen LogP contribution >= 0.6 is 0 Å². The van der Waals surface area contributed by atoms with Gasteiger partial charge in [-0.15, -0.1) is 0 Å². The second kappa shape index (κ2) is 10.0. The number of benzene rings is 3. The monoisotopic (exact) mass is 398 g/mol. The summed E-state index contributed by atoms with van der Waals surface area (Å²) in [6, 6.07) is 22.9. The van der Waals surface area contributed by atoms with Gasteiger partial charge in [0.25, 0.3) is 0 Å². The lowest BCUT2D eigenvalue weighted by Crippen LogP contribution is -2.00. The van der Waals surface area contributed by atoms with Crippen molar-refractivity contribution in [1.82, 2.24) is 0 Å². The lowest BCUT2D eigenvalue weighted by atomic mass is 10.1. The Kier molecular flexibility index (Phi) is 6.95. The smallest absolute Gasteiger partial charge is 0.308 e. The molecule has 0 aromatic heterocycles. The third-order valence-electron chi connectivity index (χ3n) is 4.16. The molecule has 0 unspecified atom stereocenters. The number of hydrogen-bond donors (Lipinski definition) is 0. The van der Waals surface area contributed by atoms with Crippen LogP contribution in [0.4, 0.5) is 0 Å². The molecule has 0 heterocycles. The molecule has 3 aromatic carbocycles. The first-order valence-electron chi connectivity index (χ1n) is 9.51. The predicted molar refractivity (Wildman–Crippen MR) is 120 cm³/mol. The molecular weight excluding hydrogens is 376 g/mol. The second-order valence-corrected chi connectivity index (χ2v) is 6.66. The molecule has 0 fully saturated rings. The molecule has 30 heavy (non-hydrogen) atoms. The standard InChI is InChI=1S/C26H22O4/c1-19(27)29-25-15-11-23(12-16-25)9-7-21-3-5-22(6-4-21)8-10-24-13-17-26(18-14-24)30-20(2)28/h3-18H,1-2H3. The number of rotatable bonds is 6. The summed E-state index contributed by atoms with van der Waals surface area (Å²) in [5.74, 6) is 0.423. The van der Waals surface area contributed by atoms with Crippen LogP contribution in [0.3, 0.4) is 0 Å². The lowest BCUT2D eigenvalue weighted by molar-refractivity contribution is -0.132. The highest BCUT2D eigenvalue weighted by Gasteiger charge is 1.98. The van der Waals surface area contributed by atoms with E-state index in [9.17, 15) is 9.59 Å². The summed E-state index contributed by atoms with van der Waals surface area (Å²) in [7, 11) is 0.